The van der Waals surface area contributed by atoms with E-state index in [1.54, 1.807) is 23.1 Å². The zero-order chi connectivity index (χ0) is 15.1. The second kappa shape index (κ2) is 7.37. The standard InChI is InChI=1S/C14H18FN5O/c1-11(12-3-5-13(15)6-4-12)19-14(21)17-7-2-8-20-10-16-9-18-20/h3-6,9-11H,2,7-8H2,1H3,(H2,17,19,21)/t11-/m1/s1. The van der Waals surface area contributed by atoms with Crippen LogP contribution in [0.1, 0.15) is 24.9 Å². The predicted molar refractivity (Wildman–Crippen MR) is 76.0 cm³/mol. The molecule has 1 atom stereocenters. The maximum atomic E-state index is 12.8. The van der Waals surface area contributed by atoms with Crippen LogP contribution in [-0.2, 0) is 6.54 Å². The number of carbonyl (C=O) groups excluding carboxylic acids is 1. The summed E-state index contributed by atoms with van der Waals surface area (Å²) in [5, 5.41) is 9.55. The van der Waals surface area contributed by atoms with Crippen molar-refractivity contribution in [2.24, 2.45) is 0 Å². The summed E-state index contributed by atoms with van der Waals surface area (Å²) < 4.78 is 14.5. The number of nitrogens with one attached hydrogen (secondary N) is 2. The maximum Gasteiger partial charge on any atom is 0.315 e. The third kappa shape index (κ3) is 4.87. The van der Waals surface area contributed by atoms with Crippen LogP contribution in [0.4, 0.5) is 9.18 Å². The van der Waals surface area contributed by atoms with Crippen molar-refractivity contribution < 1.29 is 9.18 Å². The lowest BCUT2D eigenvalue weighted by Crippen LogP contribution is -2.37. The molecule has 0 radical (unpaired) electrons. The molecule has 2 amide bonds. The SMILES string of the molecule is C[C@@H](NC(=O)NCCCn1cncn1)c1ccc(F)cc1. The molecule has 1 aromatic carbocycles. The molecule has 0 aliphatic heterocycles. The number of hydrogen-bond donors (Lipinski definition) is 2. The van der Waals surface area contributed by atoms with Crippen LogP contribution >= 0.6 is 0 Å². The summed E-state index contributed by atoms with van der Waals surface area (Å²) >= 11 is 0. The van der Waals surface area contributed by atoms with Gasteiger partial charge in [0.15, 0.2) is 0 Å². The van der Waals surface area contributed by atoms with E-state index in [4.69, 9.17) is 0 Å². The lowest BCUT2D eigenvalue weighted by Gasteiger charge is -2.15. The molecular formula is C14H18FN5O. The normalized spacial score (nSPS) is 11.9. The van der Waals surface area contributed by atoms with Gasteiger partial charge in [-0.1, -0.05) is 12.1 Å². The molecule has 2 rings (SSSR count). The lowest BCUT2D eigenvalue weighted by atomic mass is 10.1. The van der Waals surface area contributed by atoms with Gasteiger partial charge in [0.1, 0.15) is 18.5 Å². The van der Waals surface area contributed by atoms with Gasteiger partial charge in [-0.2, -0.15) is 5.10 Å². The molecule has 0 aliphatic carbocycles. The fourth-order valence-electron chi connectivity index (χ4n) is 1.87. The van der Waals surface area contributed by atoms with Gasteiger partial charge in [0, 0.05) is 13.1 Å². The first kappa shape index (κ1) is 15.0. The van der Waals surface area contributed by atoms with E-state index < -0.39 is 0 Å². The van der Waals surface area contributed by atoms with E-state index in [0.29, 0.717) is 13.1 Å². The van der Waals surface area contributed by atoms with Crippen LogP contribution < -0.4 is 10.6 Å². The first-order valence-corrected chi connectivity index (χ1v) is 6.77. The molecule has 2 N–H and O–H groups in total. The van der Waals surface area contributed by atoms with Gasteiger partial charge in [-0.15, -0.1) is 0 Å². The first-order chi connectivity index (χ1) is 10.1. The summed E-state index contributed by atoms with van der Waals surface area (Å²) in [6.07, 6.45) is 3.88. The Balaban J connectivity index is 1.67. The first-order valence-electron chi connectivity index (χ1n) is 6.77. The van der Waals surface area contributed by atoms with Gasteiger partial charge in [-0.25, -0.2) is 14.2 Å². The van der Waals surface area contributed by atoms with Gasteiger partial charge in [-0.05, 0) is 31.0 Å². The summed E-state index contributed by atoms with van der Waals surface area (Å²) in [4.78, 5) is 15.6. The molecule has 21 heavy (non-hydrogen) atoms. The van der Waals surface area contributed by atoms with Crippen LogP contribution in [0.5, 0.6) is 0 Å². The Kier molecular flexibility index (Phi) is 5.25. The number of nitrogens with zero attached hydrogens (tertiary/aromatic N) is 3. The lowest BCUT2D eigenvalue weighted by molar-refractivity contribution is 0.237. The molecular weight excluding hydrogens is 273 g/mol. The topological polar surface area (TPSA) is 71.8 Å². The van der Waals surface area contributed by atoms with Crippen LogP contribution in [0.2, 0.25) is 0 Å². The van der Waals surface area contributed by atoms with Gasteiger partial charge < -0.3 is 10.6 Å². The van der Waals surface area contributed by atoms with Crippen molar-refractivity contribution in [1.82, 2.24) is 25.4 Å². The molecule has 0 aliphatic rings. The fraction of sp³-hybridized carbons (Fsp3) is 0.357. The minimum absolute atomic E-state index is 0.180. The molecule has 0 fully saturated rings. The summed E-state index contributed by atoms with van der Waals surface area (Å²) in [7, 11) is 0. The average molecular weight is 291 g/mol. The number of rotatable bonds is 6. The monoisotopic (exact) mass is 291 g/mol. The Hall–Kier alpha value is -2.44. The van der Waals surface area contributed by atoms with E-state index in [9.17, 15) is 9.18 Å². The number of hydrogen-bond acceptors (Lipinski definition) is 3. The summed E-state index contributed by atoms with van der Waals surface area (Å²) in [5.41, 5.74) is 0.856. The van der Waals surface area contributed by atoms with Crippen LogP contribution in [-0.4, -0.2) is 27.3 Å². The molecule has 0 spiro atoms. The second-order valence-electron chi connectivity index (χ2n) is 4.69. The van der Waals surface area contributed by atoms with E-state index in [0.717, 1.165) is 12.0 Å². The Bertz CT molecular complexity index is 555. The van der Waals surface area contributed by atoms with Gasteiger partial charge in [0.05, 0.1) is 6.04 Å². The van der Waals surface area contributed by atoms with Crippen LogP contribution in [0.15, 0.2) is 36.9 Å². The zero-order valence-corrected chi connectivity index (χ0v) is 11.8. The second-order valence-corrected chi connectivity index (χ2v) is 4.69. The van der Waals surface area contributed by atoms with Gasteiger partial charge in [-0.3, -0.25) is 4.68 Å². The molecule has 2 aromatic rings. The van der Waals surface area contributed by atoms with Crippen molar-refractivity contribution in [3.05, 3.63) is 48.3 Å². The molecule has 6 nitrogen and oxygen atoms in total. The molecule has 112 valence electrons. The highest BCUT2D eigenvalue weighted by Gasteiger charge is 2.08. The van der Waals surface area contributed by atoms with Gasteiger partial charge >= 0.3 is 6.03 Å². The summed E-state index contributed by atoms with van der Waals surface area (Å²) in [6, 6.07) is 5.65. The average Bonchev–Trinajstić information content (AvgIpc) is 2.97. The van der Waals surface area contributed by atoms with E-state index in [1.165, 1.54) is 18.5 Å². The van der Waals surface area contributed by atoms with Crippen LogP contribution in [0, 0.1) is 5.82 Å². The van der Waals surface area contributed by atoms with Crippen molar-refractivity contribution in [2.75, 3.05) is 6.54 Å². The number of aryl methyl sites for hydroxylation is 1. The van der Waals surface area contributed by atoms with E-state index in [1.807, 2.05) is 6.92 Å². The van der Waals surface area contributed by atoms with E-state index in [2.05, 4.69) is 20.7 Å². The molecule has 0 saturated heterocycles. The number of benzene rings is 1. The zero-order valence-electron chi connectivity index (χ0n) is 11.8. The summed E-state index contributed by atoms with van der Waals surface area (Å²) in [6.45, 7) is 3.10. The van der Waals surface area contributed by atoms with Crippen LogP contribution in [0.25, 0.3) is 0 Å². The predicted octanol–water partition coefficient (Wildman–Crippen LogP) is 1.87. The molecule has 0 bridgehead atoms. The van der Waals surface area contributed by atoms with Crippen molar-refractivity contribution >= 4 is 6.03 Å². The highest BCUT2D eigenvalue weighted by atomic mass is 19.1. The number of carbonyl (C=O) groups is 1. The smallest absolute Gasteiger partial charge is 0.315 e. The molecule has 0 unspecified atom stereocenters. The Morgan fingerprint density at radius 1 is 1.38 bits per heavy atom. The summed E-state index contributed by atoms with van der Waals surface area (Å²) in [5.74, 6) is -0.288. The van der Waals surface area contributed by atoms with Crippen LogP contribution in [0.3, 0.4) is 0 Å². The van der Waals surface area contributed by atoms with E-state index in [-0.39, 0.29) is 17.9 Å². The maximum absolute atomic E-state index is 12.8. The van der Waals surface area contributed by atoms with Crippen molar-refractivity contribution in [1.29, 1.82) is 0 Å². The Morgan fingerprint density at radius 3 is 2.81 bits per heavy atom. The molecule has 7 heteroatoms. The largest absolute Gasteiger partial charge is 0.338 e. The molecule has 0 saturated carbocycles. The van der Waals surface area contributed by atoms with Crippen molar-refractivity contribution in [2.45, 2.75) is 25.9 Å². The van der Waals surface area contributed by atoms with Gasteiger partial charge in [0.2, 0.25) is 0 Å². The highest BCUT2D eigenvalue weighted by molar-refractivity contribution is 5.74. The number of aromatic nitrogens is 3. The van der Waals surface area contributed by atoms with Crippen molar-refractivity contribution in [3.63, 3.8) is 0 Å². The minimum atomic E-state index is -0.288. The quantitative estimate of drug-likeness (QED) is 0.798. The number of amides is 2. The number of halogens is 1. The Labute approximate surface area is 122 Å². The minimum Gasteiger partial charge on any atom is -0.338 e. The number of urea groups is 1. The highest BCUT2D eigenvalue weighted by Crippen LogP contribution is 2.12. The van der Waals surface area contributed by atoms with Crippen molar-refractivity contribution in [3.8, 4) is 0 Å². The fourth-order valence-corrected chi connectivity index (χ4v) is 1.87. The molecule has 1 heterocycles. The third-order valence-electron chi connectivity index (χ3n) is 3.03. The molecule has 1 aromatic heterocycles. The van der Waals surface area contributed by atoms with E-state index >= 15 is 0 Å². The third-order valence-corrected chi connectivity index (χ3v) is 3.03. The van der Waals surface area contributed by atoms with Gasteiger partial charge in [0.25, 0.3) is 0 Å². The Morgan fingerprint density at radius 2 is 2.14 bits per heavy atom.